The van der Waals surface area contributed by atoms with Crippen LogP contribution in [-0.4, -0.2) is 17.5 Å². The van der Waals surface area contributed by atoms with Crippen LogP contribution in [0.2, 0.25) is 0 Å². The lowest BCUT2D eigenvalue weighted by Gasteiger charge is -2.00. The highest BCUT2D eigenvalue weighted by molar-refractivity contribution is 7.14. The van der Waals surface area contributed by atoms with Gasteiger partial charge in [-0.05, 0) is 42.8 Å². The molecule has 2 heterocycles. The Morgan fingerprint density at radius 1 is 1.21 bits per heavy atom. The molecule has 0 aliphatic heterocycles. The SMILES string of the molecule is CCOc1ccc2oc(-c3csc(NC(=O)/C=C/c4ccccc4)n3)cc2c1. The molecule has 0 saturated heterocycles. The molecule has 4 rings (SSSR count). The van der Waals surface area contributed by atoms with E-state index in [1.165, 1.54) is 17.4 Å². The fourth-order valence-electron chi connectivity index (χ4n) is 2.73. The van der Waals surface area contributed by atoms with E-state index in [9.17, 15) is 4.79 Å². The number of amides is 1. The van der Waals surface area contributed by atoms with Crippen molar-refractivity contribution in [3.05, 3.63) is 71.6 Å². The first-order chi connectivity index (χ1) is 13.7. The van der Waals surface area contributed by atoms with Crippen LogP contribution in [0, 0.1) is 0 Å². The van der Waals surface area contributed by atoms with Gasteiger partial charge in [0.25, 0.3) is 0 Å². The van der Waals surface area contributed by atoms with Gasteiger partial charge in [-0.2, -0.15) is 0 Å². The van der Waals surface area contributed by atoms with Crippen molar-refractivity contribution >= 4 is 39.4 Å². The van der Waals surface area contributed by atoms with E-state index in [1.54, 1.807) is 6.08 Å². The van der Waals surface area contributed by atoms with Gasteiger partial charge in [0.2, 0.25) is 5.91 Å². The van der Waals surface area contributed by atoms with Crippen LogP contribution >= 0.6 is 11.3 Å². The van der Waals surface area contributed by atoms with E-state index in [4.69, 9.17) is 9.15 Å². The molecule has 0 unspecified atom stereocenters. The normalized spacial score (nSPS) is 11.2. The maximum atomic E-state index is 12.1. The highest BCUT2D eigenvalue weighted by Gasteiger charge is 2.12. The molecule has 0 atom stereocenters. The quantitative estimate of drug-likeness (QED) is 0.435. The Kier molecular flexibility index (Phi) is 5.21. The van der Waals surface area contributed by atoms with E-state index < -0.39 is 0 Å². The largest absolute Gasteiger partial charge is 0.494 e. The summed E-state index contributed by atoms with van der Waals surface area (Å²) in [6, 6.07) is 17.3. The number of furan rings is 1. The number of aromatic nitrogens is 1. The Bertz CT molecular complexity index is 1130. The second kappa shape index (κ2) is 8.10. The number of nitrogens with one attached hydrogen (secondary N) is 1. The zero-order chi connectivity index (χ0) is 19.3. The van der Waals surface area contributed by atoms with Crippen molar-refractivity contribution in [2.45, 2.75) is 6.92 Å². The fourth-order valence-corrected chi connectivity index (χ4v) is 3.43. The first kappa shape index (κ1) is 18.0. The van der Waals surface area contributed by atoms with Gasteiger partial charge in [0, 0.05) is 16.8 Å². The lowest BCUT2D eigenvalue weighted by Crippen LogP contribution is -2.07. The molecule has 0 spiro atoms. The summed E-state index contributed by atoms with van der Waals surface area (Å²) in [6.07, 6.45) is 3.26. The van der Waals surface area contributed by atoms with Crippen LogP contribution in [0.5, 0.6) is 5.75 Å². The van der Waals surface area contributed by atoms with Gasteiger partial charge in [-0.15, -0.1) is 11.3 Å². The number of hydrogen-bond acceptors (Lipinski definition) is 5. The predicted molar refractivity (Wildman–Crippen MR) is 113 cm³/mol. The molecule has 2 aromatic heterocycles. The second-order valence-electron chi connectivity index (χ2n) is 6.01. The highest BCUT2D eigenvalue weighted by atomic mass is 32.1. The molecule has 4 aromatic rings. The zero-order valence-corrected chi connectivity index (χ0v) is 16.0. The van der Waals surface area contributed by atoms with Crippen LogP contribution in [-0.2, 0) is 4.79 Å². The predicted octanol–water partition coefficient (Wildman–Crippen LogP) is 5.61. The number of nitrogens with zero attached hydrogens (tertiary/aromatic N) is 1. The van der Waals surface area contributed by atoms with Gasteiger partial charge >= 0.3 is 0 Å². The van der Waals surface area contributed by atoms with Crippen molar-refractivity contribution in [3.63, 3.8) is 0 Å². The molecule has 0 radical (unpaired) electrons. The van der Waals surface area contributed by atoms with Crippen LogP contribution < -0.4 is 10.1 Å². The van der Waals surface area contributed by atoms with Crippen LogP contribution in [0.25, 0.3) is 28.5 Å². The molecule has 0 fully saturated rings. The number of fused-ring (bicyclic) bond motifs is 1. The van der Waals surface area contributed by atoms with Crippen molar-refractivity contribution in [2.24, 2.45) is 0 Å². The molecule has 5 nitrogen and oxygen atoms in total. The first-order valence-electron chi connectivity index (χ1n) is 8.87. The summed E-state index contributed by atoms with van der Waals surface area (Å²) in [5.74, 6) is 1.23. The Hall–Kier alpha value is -3.38. The lowest BCUT2D eigenvalue weighted by atomic mass is 10.2. The third-order valence-electron chi connectivity index (χ3n) is 4.01. The molecular weight excluding hydrogens is 372 g/mol. The standard InChI is InChI=1S/C22H18N2O3S/c1-2-26-17-9-10-19-16(12-17)13-20(27-19)18-14-28-22(23-18)24-21(25)11-8-15-6-4-3-5-7-15/h3-14H,2H2,1H3,(H,23,24,25)/b11-8+. The van der Waals surface area contributed by atoms with E-state index >= 15 is 0 Å². The molecular formula is C22H18N2O3S. The number of anilines is 1. The van der Waals surface area contributed by atoms with Crippen LogP contribution in [0.15, 0.2) is 70.5 Å². The summed E-state index contributed by atoms with van der Waals surface area (Å²) in [7, 11) is 0. The highest BCUT2D eigenvalue weighted by Crippen LogP contribution is 2.32. The number of carbonyl (C=O) groups is 1. The van der Waals surface area contributed by atoms with Crippen molar-refractivity contribution in [2.75, 3.05) is 11.9 Å². The maximum Gasteiger partial charge on any atom is 0.250 e. The average Bonchev–Trinajstić information content (AvgIpc) is 3.34. The summed E-state index contributed by atoms with van der Waals surface area (Å²) in [5, 5.41) is 6.11. The minimum absolute atomic E-state index is 0.226. The van der Waals surface area contributed by atoms with E-state index in [1.807, 2.05) is 66.9 Å². The summed E-state index contributed by atoms with van der Waals surface area (Å²) in [4.78, 5) is 16.6. The Labute approximate surface area is 166 Å². The molecule has 1 amide bonds. The molecule has 0 saturated carbocycles. The van der Waals surface area contributed by atoms with Crippen molar-refractivity contribution in [3.8, 4) is 17.2 Å². The minimum atomic E-state index is -0.226. The van der Waals surface area contributed by atoms with Crippen LogP contribution in [0.1, 0.15) is 12.5 Å². The minimum Gasteiger partial charge on any atom is -0.494 e. The average molecular weight is 390 g/mol. The van der Waals surface area contributed by atoms with Crippen molar-refractivity contribution in [1.82, 2.24) is 4.98 Å². The van der Waals surface area contributed by atoms with E-state index in [2.05, 4.69) is 10.3 Å². The lowest BCUT2D eigenvalue weighted by molar-refractivity contribution is -0.111. The van der Waals surface area contributed by atoms with E-state index in [0.717, 1.165) is 22.3 Å². The maximum absolute atomic E-state index is 12.1. The van der Waals surface area contributed by atoms with Crippen molar-refractivity contribution in [1.29, 1.82) is 0 Å². The molecule has 0 aliphatic carbocycles. The van der Waals surface area contributed by atoms with Gasteiger partial charge in [0.05, 0.1) is 6.61 Å². The van der Waals surface area contributed by atoms with Gasteiger partial charge in [-0.3, -0.25) is 10.1 Å². The van der Waals surface area contributed by atoms with Gasteiger partial charge < -0.3 is 9.15 Å². The molecule has 1 N–H and O–H groups in total. The third kappa shape index (κ3) is 4.13. The van der Waals surface area contributed by atoms with Gasteiger partial charge in [-0.1, -0.05) is 30.3 Å². The van der Waals surface area contributed by atoms with Gasteiger partial charge in [-0.25, -0.2) is 4.98 Å². The zero-order valence-electron chi connectivity index (χ0n) is 15.2. The number of rotatable bonds is 6. The smallest absolute Gasteiger partial charge is 0.250 e. The van der Waals surface area contributed by atoms with Gasteiger partial charge in [0.15, 0.2) is 10.9 Å². The van der Waals surface area contributed by atoms with Crippen LogP contribution in [0.4, 0.5) is 5.13 Å². The number of carbonyl (C=O) groups excluding carboxylic acids is 1. The number of ether oxygens (including phenoxy) is 1. The summed E-state index contributed by atoms with van der Waals surface area (Å²) >= 11 is 1.35. The monoisotopic (exact) mass is 390 g/mol. The topological polar surface area (TPSA) is 64.4 Å². The summed E-state index contributed by atoms with van der Waals surface area (Å²) in [6.45, 7) is 2.56. The number of benzene rings is 2. The third-order valence-corrected chi connectivity index (χ3v) is 4.77. The Balaban J connectivity index is 1.47. The Morgan fingerprint density at radius 3 is 2.89 bits per heavy atom. The molecule has 6 heteroatoms. The molecule has 0 bridgehead atoms. The summed E-state index contributed by atoms with van der Waals surface area (Å²) < 4.78 is 11.4. The molecule has 2 aromatic carbocycles. The van der Waals surface area contributed by atoms with E-state index in [0.29, 0.717) is 23.2 Å². The first-order valence-corrected chi connectivity index (χ1v) is 9.75. The van der Waals surface area contributed by atoms with Crippen molar-refractivity contribution < 1.29 is 13.9 Å². The molecule has 140 valence electrons. The van der Waals surface area contributed by atoms with Crippen LogP contribution in [0.3, 0.4) is 0 Å². The number of hydrogen-bond donors (Lipinski definition) is 1. The van der Waals surface area contributed by atoms with Gasteiger partial charge in [0.1, 0.15) is 17.0 Å². The summed E-state index contributed by atoms with van der Waals surface area (Å²) in [5.41, 5.74) is 2.41. The van der Waals surface area contributed by atoms with E-state index in [-0.39, 0.29) is 5.91 Å². The number of thiazole rings is 1. The molecule has 0 aliphatic rings. The fraction of sp³-hybridized carbons (Fsp3) is 0.0909. The molecule has 28 heavy (non-hydrogen) atoms. The Morgan fingerprint density at radius 2 is 2.07 bits per heavy atom. The second-order valence-corrected chi connectivity index (χ2v) is 6.87.